The topological polar surface area (TPSA) is 26.3 Å². The van der Waals surface area contributed by atoms with Gasteiger partial charge in [0, 0.05) is 2160 Å². The van der Waals surface area contributed by atoms with Crippen LogP contribution in [-0.2, 0) is 2160 Å². The molecule has 246 valence electrons. The maximum absolute atomic E-state index is 10.2. The van der Waals surface area contributed by atoms with Gasteiger partial charge in [0.15, 0.2) is 0 Å². The van der Waals surface area contributed by atoms with Crippen LogP contribution in [0.5, 0.6) is 0 Å². The molecular weight excluding hydrogens is 5990 g/mol. The van der Waals surface area contributed by atoms with Crippen molar-refractivity contribution in [3.8, 4) is 0 Å². The van der Waals surface area contributed by atoms with E-state index in [0.29, 0.717) is 0 Å². The molecule has 1 unspecified atom stereocenters. The maximum atomic E-state index is 10.2. The first-order valence-corrected chi connectivity index (χ1v) is 2.98. The van der Waals surface area contributed by atoms with E-state index in [1.54, 1.807) is 0 Å². The standard InChI is InChI=1S/C5H11O2P.66Y/c1-5(2,3)7-4(6)8;;;;;;;;;;;;;;;;;;;;;;;;;;;;;;;;;;;;;;;;;;;;;;;;;;;;;;;;;;;;;;;;;;/h8H2,1-3H3;;;;;;;;;;;;;;;;;;;;;;;;;;;;;;;;;;;;;;;;;;;;;;;;;;;;;;;;;;;;;;;;;;. The number of carbonyl (C=O) groups excluding carboxylic acids is 1. The second-order valence-corrected chi connectivity index (χ2v) is 3.00. The zero-order valence-electron chi connectivity index (χ0n) is 43.5. The van der Waals surface area contributed by atoms with E-state index in [-0.39, 0.29) is 2170 Å². The normalized spacial score (nSPS) is 1.19. The molecule has 0 aliphatic carbocycles. The second kappa shape index (κ2) is 446. The first kappa shape index (κ1) is 490. The van der Waals surface area contributed by atoms with Crippen LogP contribution in [0.3, 0.4) is 0 Å². The molecule has 74 heavy (non-hydrogen) atoms. The van der Waals surface area contributed by atoms with E-state index in [1.165, 1.54) is 0 Å². The molecule has 0 spiro atoms. The molecule has 0 amide bonds. The smallest absolute Gasteiger partial charge is 0.320 e. The van der Waals surface area contributed by atoms with E-state index in [2.05, 4.69) is 0 Å². The number of carbonyl (C=O) groups is 1. The minimum atomic E-state index is -0.348. The summed E-state index contributed by atoms with van der Waals surface area (Å²) in [6.45, 7) is 5.48. The van der Waals surface area contributed by atoms with Crippen molar-refractivity contribution >= 4 is 15.0 Å². The summed E-state index contributed by atoms with van der Waals surface area (Å²) in [5, 5.41) is 0. The van der Waals surface area contributed by atoms with Gasteiger partial charge in [-0.1, -0.05) is 0 Å². The Hall–Kier alpha value is 72.8. The molecule has 0 aliphatic rings. The van der Waals surface area contributed by atoms with E-state index >= 15 is 0 Å². The monoisotopic (exact) mass is 6000 g/mol. The molecule has 2 nitrogen and oxygen atoms in total. The van der Waals surface area contributed by atoms with Gasteiger partial charge in [0.05, 0.1) is 0 Å². The molecule has 0 aromatic rings. The Morgan fingerprint density at radius 3 is 0.216 bits per heavy atom. The molecule has 0 aromatic heterocycles. The van der Waals surface area contributed by atoms with Crippen molar-refractivity contribution in [3.63, 3.8) is 0 Å². The molecule has 0 fully saturated rings. The van der Waals surface area contributed by atoms with Crippen LogP contribution >= 0.6 is 9.24 Å². The van der Waals surface area contributed by atoms with Crippen LogP contribution in [-0.4, -0.2) is 11.3 Å². The molecule has 0 rings (SSSR count). The van der Waals surface area contributed by atoms with Crippen LogP contribution in [0.15, 0.2) is 0 Å². The van der Waals surface area contributed by atoms with E-state index in [4.69, 9.17) is 4.74 Å². The van der Waals surface area contributed by atoms with Crippen molar-refractivity contribution in [2.45, 2.75) is 26.4 Å². The summed E-state index contributed by atoms with van der Waals surface area (Å²) in [7, 11) is 1.96. The van der Waals surface area contributed by atoms with Crippen molar-refractivity contribution in [2.75, 3.05) is 0 Å². The molecule has 0 bridgehead atoms. The average Bonchev–Trinajstić information content (AvgIpc) is 1.21. The largest absolute Gasteiger partial charge is 0.457 e. The fourth-order valence-electron chi connectivity index (χ4n) is 0.302. The first-order valence-electron chi connectivity index (χ1n) is 2.40. The molecule has 0 saturated heterocycles. The molecular formula is C5H11O2PY66. The number of hydrogen-bond acceptors (Lipinski definition) is 2. The van der Waals surface area contributed by atoms with Gasteiger partial charge in [-0.2, -0.15) is 0 Å². The minimum Gasteiger partial charge on any atom is -0.457 e. The quantitative estimate of drug-likeness (QED) is 0.346. The molecule has 69 heteroatoms. The van der Waals surface area contributed by atoms with Crippen molar-refractivity contribution in [2.24, 2.45) is 0 Å². The van der Waals surface area contributed by atoms with Crippen molar-refractivity contribution < 1.29 is 2170 Å². The van der Waals surface area contributed by atoms with Crippen LogP contribution in [0.4, 0.5) is 4.79 Å². The van der Waals surface area contributed by atoms with Gasteiger partial charge in [-0.15, -0.1) is 0 Å². The van der Waals surface area contributed by atoms with E-state index < -0.39 is 0 Å². The van der Waals surface area contributed by atoms with Gasteiger partial charge >= 0.3 is 5.71 Å². The third-order valence-electron chi connectivity index (χ3n) is 0.407. The number of rotatable bonds is 0. The third kappa shape index (κ3) is 495. The van der Waals surface area contributed by atoms with Crippen molar-refractivity contribution in [1.82, 2.24) is 0 Å². The molecule has 66 radical (unpaired) electrons. The van der Waals surface area contributed by atoms with Gasteiger partial charge in [-0.25, -0.2) is 4.79 Å². The summed E-state index contributed by atoms with van der Waals surface area (Å²) >= 11 is 0. The zero-order valence-corrected chi connectivity index (χ0v) is 232. The zero-order chi connectivity index (χ0) is 6.78. The van der Waals surface area contributed by atoms with Gasteiger partial charge < -0.3 is 4.74 Å². The molecule has 0 N–H and O–H groups in total. The number of hydrogen-bond donors (Lipinski definition) is 0. The predicted molar refractivity (Wildman–Crippen MR) is 35.9 cm³/mol. The Morgan fingerprint density at radius 1 is 0.176 bits per heavy atom. The fourth-order valence-corrected chi connectivity index (χ4v) is 0.655. The second-order valence-electron chi connectivity index (χ2n) is 2.53. The van der Waals surface area contributed by atoms with Gasteiger partial charge in [0.25, 0.3) is 0 Å². The van der Waals surface area contributed by atoms with Crippen LogP contribution < -0.4 is 0 Å². The Balaban J connectivity index is -0.000000000114. The van der Waals surface area contributed by atoms with Crippen LogP contribution in [0.1, 0.15) is 20.8 Å². The summed E-state index contributed by atoms with van der Waals surface area (Å²) in [6.07, 6.45) is 0. The summed E-state index contributed by atoms with van der Waals surface area (Å²) in [4.78, 5) is 10.2. The molecule has 0 heterocycles. The Bertz CT molecular complexity index is 130. The van der Waals surface area contributed by atoms with Gasteiger partial charge in [0.2, 0.25) is 0 Å². The molecule has 0 aliphatic heterocycles. The summed E-state index contributed by atoms with van der Waals surface area (Å²) in [6, 6.07) is 0. The van der Waals surface area contributed by atoms with Crippen molar-refractivity contribution in [1.29, 1.82) is 0 Å². The summed E-state index contributed by atoms with van der Waals surface area (Å²) in [5.41, 5.74) is -0.656. The van der Waals surface area contributed by atoms with E-state index in [9.17, 15) is 4.79 Å². The van der Waals surface area contributed by atoms with Crippen LogP contribution in [0, 0.1) is 0 Å². The van der Waals surface area contributed by atoms with Gasteiger partial charge in [-0.05, 0) is 30.0 Å². The Kier molecular flexibility index (Phi) is 2950. The number of ether oxygens (including phenoxy) is 1. The average molecular weight is 6000 g/mol. The Labute approximate surface area is 2120 Å². The molecule has 0 aromatic carbocycles. The van der Waals surface area contributed by atoms with Crippen molar-refractivity contribution in [3.05, 3.63) is 0 Å². The summed E-state index contributed by atoms with van der Waals surface area (Å²) in [5.74, 6) is 0. The predicted octanol–water partition coefficient (Wildman–Crippen LogP) is 1.63. The SMILES string of the molecule is CC(C)(C)OC(=O)P.[Y].[Y].[Y].[Y].[Y].[Y].[Y].[Y].[Y].[Y].[Y].[Y].[Y].[Y].[Y].[Y].[Y].[Y].[Y].[Y].[Y].[Y].[Y].[Y].[Y].[Y].[Y].[Y].[Y].[Y].[Y].[Y].[Y].[Y].[Y].[Y].[Y].[Y].[Y].[Y].[Y].[Y].[Y].[Y].[Y].[Y].[Y].[Y].[Y].[Y].[Y].[Y].[Y].[Y].[Y].[Y].[Y].[Y].[Y].[Y].[Y].[Y].[Y].[Y].[Y].[Y]. The van der Waals surface area contributed by atoms with Crippen LogP contribution in [0.25, 0.3) is 0 Å². The first-order chi connectivity index (χ1) is 3.42. The van der Waals surface area contributed by atoms with Gasteiger partial charge in [-0.3, -0.25) is 0 Å². The maximum Gasteiger partial charge on any atom is 0.320 e. The minimum absolute atomic E-state index is 0. The third-order valence-corrected chi connectivity index (χ3v) is 0.525. The molecule has 1 atom stereocenters. The van der Waals surface area contributed by atoms with Crippen LogP contribution in [0.2, 0.25) is 0 Å². The van der Waals surface area contributed by atoms with Gasteiger partial charge in [0.1, 0.15) is 5.60 Å². The fraction of sp³-hybridized carbons (Fsp3) is 0.800. The van der Waals surface area contributed by atoms with E-state index in [1.807, 2.05) is 30.0 Å². The summed E-state index contributed by atoms with van der Waals surface area (Å²) < 4.78 is 4.76. The van der Waals surface area contributed by atoms with E-state index in [0.717, 1.165) is 0 Å². The molecule has 0 saturated carbocycles. The Morgan fingerprint density at radius 2 is 0.216 bits per heavy atom.